The summed E-state index contributed by atoms with van der Waals surface area (Å²) in [5.74, 6) is -1.67. The minimum atomic E-state index is -0.777. The lowest BCUT2D eigenvalue weighted by Gasteiger charge is -2.31. The van der Waals surface area contributed by atoms with Gasteiger partial charge in [0.2, 0.25) is 17.7 Å². The summed E-state index contributed by atoms with van der Waals surface area (Å²) in [4.78, 5) is 59.3. The van der Waals surface area contributed by atoms with Gasteiger partial charge in [-0.2, -0.15) is 0 Å². The number of hydrogen-bond donors (Lipinski definition) is 1. The first-order chi connectivity index (χ1) is 23.3. The number of amides is 3. The summed E-state index contributed by atoms with van der Waals surface area (Å²) < 4.78 is 6.74. The van der Waals surface area contributed by atoms with Crippen LogP contribution < -0.4 is 24.7 Å². The molecule has 4 aromatic carbocycles. The predicted octanol–water partition coefficient (Wildman–Crippen LogP) is 6.35. The molecular formula is C37H34N4O5S2. The standard InChI is InChI=1S/C37H34N4O5S2/c1-4-39(5-2)24-15-13-23(14-16-24)30-31-32(35(44)41(34(31)43)25-17-19-26(46-3)20-18-25)47-36-33(30)48-37(45)40(36)21-29(42)38-28-12-8-10-22-9-6-7-11-27(22)28/h6-20,30-32H,4-5,21H2,1-3H3,(H,38,42)/t30-,31?,32?/m1/s1. The Morgan fingerprint density at radius 2 is 1.58 bits per heavy atom. The van der Waals surface area contributed by atoms with Gasteiger partial charge in [-0.15, -0.1) is 0 Å². The summed E-state index contributed by atoms with van der Waals surface area (Å²) in [5.41, 5.74) is 3.01. The van der Waals surface area contributed by atoms with Gasteiger partial charge in [0.25, 0.3) is 0 Å². The average Bonchev–Trinajstić information content (AvgIpc) is 3.55. The van der Waals surface area contributed by atoms with Crippen LogP contribution in [-0.2, 0) is 20.9 Å². The van der Waals surface area contributed by atoms with Crippen molar-refractivity contribution < 1.29 is 19.1 Å². The zero-order valence-corrected chi connectivity index (χ0v) is 28.3. The van der Waals surface area contributed by atoms with E-state index in [1.807, 2.05) is 66.7 Å². The van der Waals surface area contributed by atoms with E-state index in [0.717, 1.165) is 46.4 Å². The van der Waals surface area contributed by atoms with Gasteiger partial charge in [0.05, 0.1) is 23.7 Å². The maximum Gasteiger partial charge on any atom is 0.308 e. The molecule has 2 aliphatic rings. The number of carbonyl (C=O) groups is 3. The van der Waals surface area contributed by atoms with Gasteiger partial charge in [-0.1, -0.05) is 71.6 Å². The molecule has 0 spiro atoms. The Morgan fingerprint density at radius 3 is 2.29 bits per heavy atom. The zero-order valence-electron chi connectivity index (χ0n) is 26.7. The fourth-order valence-corrected chi connectivity index (χ4v) is 9.52. The number of nitrogens with zero attached hydrogens (tertiary/aromatic N) is 3. The molecular weight excluding hydrogens is 645 g/mol. The summed E-state index contributed by atoms with van der Waals surface area (Å²) in [6.45, 7) is 5.66. The maximum absolute atomic E-state index is 14.3. The first kappa shape index (κ1) is 31.7. The fourth-order valence-electron chi connectivity index (χ4n) is 6.75. The average molecular weight is 679 g/mol. The summed E-state index contributed by atoms with van der Waals surface area (Å²) in [6.07, 6.45) is 0. The third kappa shape index (κ3) is 5.46. The van der Waals surface area contributed by atoms with Crippen molar-refractivity contribution in [3.05, 3.63) is 111 Å². The number of benzene rings is 4. The number of methoxy groups -OCH3 is 1. The molecule has 7 rings (SSSR count). The highest BCUT2D eigenvalue weighted by atomic mass is 32.2. The van der Waals surface area contributed by atoms with Crippen molar-refractivity contribution in [3.63, 3.8) is 0 Å². The highest BCUT2D eigenvalue weighted by Gasteiger charge is 2.56. The molecule has 244 valence electrons. The van der Waals surface area contributed by atoms with Crippen LogP contribution >= 0.6 is 23.1 Å². The van der Waals surface area contributed by atoms with Crippen molar-refractivity contribution in [2.24, 2.45) is 5.92 Å². The number of rotatable bonds is 9. The summed E-state index contributed by atoms with van der Waals surface area (Å²) in [7, 11) is 1.56. The van der Waals surface area contributed by atoms with Gasteiger partial charge in [0, 0.05) is 40.6 Å². The molecule has 1 N–H and O–H groups in total. The maximum atomic E-state index is 14.3. The Bertz CT molecular complexity index is 2080. The van der Waals surface area contributed by atoms with E-state index in [9.17, 15) is 19.2 Å². The Morgan fingerprint density at radius 1 is 0.875 bits per heavy atom. The van der Waals surface area contributed by atoms with Gasteiger partial charge < -0.3 is 15.0 Å². The Hall–Kier alpha value is -4.87. The second kappa shape index (κ2) is 13.0. The van der Waals surface area contributed by atoms with Crippen molar-refractivity contribution in [2.75, 3.05) is 35.3 Å². The van der Waals surface area contributed by atoms with Crippen molar-refractivity contribution in [3.8, 4) is 5.75 Å². The van der Waals surface area contributed by atoms with E-state index in [1.54, 1.807) is 31.4 Å². The van der Waals surface area contributed by atoms with Gasteiger partial charge in [0.1, 0.15) is 17.5 Å². The number of fused-ring (bicyclic) bond motifs is 3. The summed E-state index contributed by atoms with van der Waals surface area (Å²) >= 11 is 2.25. The predicted molar refractivity (Wildman–Crippen MR) is 192 cm³/mol. The number of hydrogen-bond acceptors (Lipinski definition) is 8. The van der Waals surface area contributed by atoms with Crippen LogP contribution in [0.1, 0.15) is 30.2 Å². The van der Waals surface area contributed by atoms with E-state index < -0.39 is 17.1 Å². The first-order valence-electron chi connectivity index (χ1n) is 15.9. The second-order valence-corrected chi connectivity index (χ2v) is 13.8. The molecule has 0 radical (unpaired) electrons. The van der Waals surface area contributed by atoms with Gasteiger partial charge in [-0.3, -0.25) is 23.7 Å². The SMILES string of the molecule is CCN(CC)c1ccc([C@H]2c3sc(=O)n(CC(=O)Nc4cccc5ccccc45)c3SC3C(=O)N(c4ccc(OC)cc4)C(=O)C32)cc1. The van der Waals surface area contributed by atoms with E-state index in [2.05, 4.69) is 24.1 Å². The lowest BCUT2D eigenvalue weighted by Crippen LogP contribution is -2.33. The van der Waals surface area contributed by atoms with E-state index in [4.69, 9.17) is 4.74 Å². The van der Waals surface area contributed by atoms with Crippen LogP contribution in [0.4, 0.5) is 17.1 Å². The largest absolute Gasteiger partial charge is 0.497 e. The monoisotopic (exact) mass is 678 g/mol. The van der Waals surface area contributed by atoms with E-state index in [0.29, 0.717) is 27.0 Å². The van der Waals surface area contributed by atoms with Gasteiger partial charge in [-0.25, -0.2) is 4.90 Å². The summed E-state index contributed by atoms with van der Waals surface area (Å²) in [5, 5.41) is 4.64. The number of thiazole rings is 1. The molecule has 11 heteroatoms. The highest BCUT2D eigenvalue weighted by molar-refractivity contribution is 8.00. The number of imide groups is 1. The zero-order chi connectivity index (χ0) is 33.5. The molecule has 0 aliphatic carbocycles. The molecule has 48 heavy (non-hydrogen) atoms. The number of aromatic nitrogens is 1. The number of thioether (sulfide) groups is 1. The minimum Gasteiger partial charge on any atom is -0.497 e. The molecule has 0 saturated carbocycles. The molecule has 9 nitrogen and oxygen atoms in total. The van der Waals surface area contributed by atoms with Gasteiger partial charge in [0.15, 0.2) is 0 Å². The van der Waals surface area contributed by atoms with Crippen molar-refractivity contribution in [1.29, 1.82) is 0 Å². The number of anilines is 3. The third-order valence-electron chi connectivity index (χ3n) is 9.13. The second-order valence-electron chi connectivity index (χ2n) is 11.7. The molecule has 3 atom stereocenters. The molecule has 0 bridgehead atoms. The van der Waals surface area contributed by atoms with Crippen LogP contribution in [-0.4, -0.2) is 47.7 Å². The molecule has 1 saturated heterocycles. The number of carbonyl (C=O) groups excluding carboxylic acids is 3. The Labute approximate surface area is 286 Å². The van der Waals surface area contributed by atoms with Crippen LogP contribution in [0.2, 0.25) is 0 Å². The topological polar surface area (TPSA) is 101 Å². The normalized spacial score (nSPS) is 18.5. The fraction of sp³-hybridized carbons (Fsp3) is 0.243. The van der Waals surface area contributed by atoms with Crippen molar-refractivity contribution in [1.82, 2.24) is 4.57 Å². The lowest BCUT2D eigenvalue weighted by molar-refractivity contribution is -0.122. The van der Waals surface area contributed by atoms with Crippen LogP contribution in [0.5, 0.6) is 5.75 Å². The number of ether oxygens (including phenoxy) is 1. The van der Waals surface area contributed by atoms with E-state index in [-0.39, 0.29) is 29.1 Å². The van der Waals surface area contributed by atoms with Crippen LogP contribution in [0.25, 0.3) is 10.8 Å². The Balaban J connectivity index is 1.27. The first-order valence-corrected chi connectivity index (χ1v) is 17.6. The molecule has 3 amide bonds. The molecule has 1 fully saturated rings. The van der Waals surface area contributed by atoms with Crippen molar-refractivity contribution in [2.45, 2.75) is 36.6 Å². The quantitative estimate of drug-likeness (QED) is 0.181. The van der Waals surface area contributed by atoms with Gasteiger partial charge >= 0.3 is 4.87 Å². The number of nitrogens with one attached hydrogen (secondary N) is 1. The summed E-state index contributed by atoms with van der Waals surface area (Å²) in [6, 6.07) is 28.3. The highest BCUT2D eigenvalue weighted by Crippen LogP contribution is 2.54. The molecule has 3 heterocycles. The Kier molecular flexibility index (Phi) is 8.57. The lowest BCUT2D eigenvalue weighted by atomic mass is 9.83. The van der Waals surface area contributed by atoms with Crippen LogP contribution in [0.15, 0.2) is 101 Å². The smallest absolute Gasteiger partial charge is 0.308 e. The molecule has 2 aliphatic heterocycles. The van der Waals surface area contributed by atoms with E-state index in [1.165, 1.54) is 21.2 Å². The minimum absolute atomic E-state index is 0.226. The molecule has 2 unspecified atom stereocenters. The van der Waals surface area contributed by atoms with Gasteiger partial charge in [-0.05, 0) is 67.3 Å². The van der Waals surface area contributed by atoms with Crippen LogP contribution in [0.3, 0.4) is 0 Å². The molecule has 5 aromatic rings. The van der Waals surface area contributed by atoms with Crippen molar-refractivity contribution >= 4 is 68.7 Å². The van der Waals surface area contributed by atoms with E-state index >= 15 is 0 Å². The third-order valence-corrected chi connectivity index (χ3v) is 11.7. The van der Waals surface area contributed by atoms with Crippen LogP contribution in [0, 0.1) is 5.92 Å². The molecule has 1 aromatic heterocycles.